The van der Waals surface area contributed by atoms with Crippen molar-refractivity contribution in [2.24, 2.45) is 5.10 Å². The summed E-state index contributed by atoms with van der Waals surface area (Å²) < 4.78 is 1.83. The van der Waals surface area contributed by atoms with Crippen molar-refractivity contribution in [3.63, 3.8) is 0 Å². The zero-order chi connectivity index (χ0) is 14.5. The molecular weight excluding hydrogens is 260 g/mol. The number of para-hydroxylation sites is 1. The lowest BCUT2D eigenvalue weighted by Crippen LogP contribution is -1.93. The minimum absolute atomic E-state index is 0.944. The van der Waals surface area contributed by atoms with Gasteiger partial charge in [-0.1, -0.05) is 30.3 Å². The number of benzene rings is 2. The molecular formula is C17H16N4. The van der Waals surface area contributed by atoms with E-state index in [9.17, 15) is 0 Å². The number of hydrogen-bond acceptors (Lipinski definition) is 3. The van der Waals surface area contributed by atoms with Gasteiger partial charge in [-0.2, -0.15) is 10.2 Å². The van der Waals surface area contributed by atoms with Gasteiger partial charge in [0.1, 0.15) is 0 Å². The third-order valence-electron chi connectivity index (χ3n) is 3.05. The van der Waals surface area contributed by atoms with Crippen LogP contribution in [0.25, 0.3) is 5.69 Å². The summed E-state index contributed by atoms with van der Waals surface area (Å²) in [6.45, 7) is 2.05. The minimum Gasteiger partial charge on any atom is -0.278 e. The van der Waals surface area contributed by atoms with Crippen LogP contribution in [0, 0.1) is 6.92 Å². The smallest absolute Gasteiger partial charge is 0.0645 e. The number of rotatable bonds is 4. The standard InChI is InChI=1S/C17H16N4/c1-14-6-5-7-16(10-14)20-18-11-15-12-19-21(13-15)17-8-3-2-4-9-17/h2-13,20H,1H3/b18-11-. The highest BCUT2D eigenvalue weighted by atomic mass is 15.3. The molecule has 0 unspecified atom stereocenters. The molecule has 0 aliphatic heterocycles. The molecule has 3 rings (SSSR count). The summed E-state index contributed by atoms with van der Waals surface area (Å²) in [6.07, 6.45) is 5.49. The van der Waals surface area contributed by atoms with E-state index in [1.807, 2.05) is 59.4 Å². The van der Waals surface area contributed by atoms with Crippen molar-refractivity contribution in [1.82, 2.24) is 9.78 Å². The first-order chi connectivity index (χ1) is 10.3. The molecule has 104 valence electrons. The molecule has 0 amide bonds. The van der Waals surface area contributed by atoms with E-state index >= 15 is 0 Å². The Bertz CT molecular complexity index is 744. The van der Waals surface area contributed by atoms with Gasteiger partial charge in [0, 0.05) is 11.8 Å². The van der Waals surface area contributed by atoms with E-state index in [0.29, 0.717) is 0 Å². The first-order valence-electron chi connectivity index (χ1n) is 6.77. The van der Waals surface area contributed by atoms with Crippen LogP contribution in [0.15, 0.2) is 72.1 Å². The maximum atomic E-state index is 4.32. The predicted molar refractivity (Wildman–Crippen MR) is 86.0 cm³/mol. The average Bonchev–Trinajstić information content (AvgIpc) is 2.97. The minimum atomic E-state index is 0.944. The number of nitrogens with zero attached hydrogens (tertiary/aromatic N) is 3. The summed E-state index contributed by atoms with van der Waals surface area (Å²) in [6, 6.07) is 18.1. The van der Waals surface area contributed by atoms with Crippen molar-refractivity contribution in [3.8, 4) is 5.69 Å². The number of hydrazone groups is 1. The monoisotopic (exact) mass is 276 g/mol. The van der Waals surface area contributed by atoms with Crippen LogP contribution in [0.1, 0.15) is 11.1 Å². The number of aromatic nitrogens is 2. The molecule has 2 aromatic carbocycles. The van der Waals surface area contributed by atoms with E-state index in [2.05, 4.69) is 28.6 Å². The second-order valence-corrected chi connectivity index (χ2v) is 4.79. The van der Waals surface area contributed by atoms with Crippen LogP contribution in [0.3, 0.4) is 0 Å². The molecule has 0 saturated heterocycles. The molecule has 0 fully saturated rings. The van der Waals surface area contributed by atoms with Gasteiger partial charge in [-0.15, -0.1) is 0 Å². The number of anilines is 1. The lowest BCUT2D eigenvalue weighted by Gasteiger charge is -2.00. The highest BCUT2D eigenvalue weighted by Crippen LogP contribution is 2.09. The molecule has 0 aliphatic rings. The molecule has 0 radical (unpaired) electrons. The van der Waals surface area contributed by atoms with Gasteiger partial charge in [0.25, 0.3) is 0 Å². The molecule has 3 aromatic rings. The summed E-state index contributed by atoms with van der Waals surface area (Å²) in [5.74, 6) is 0. The highest BCUT2D eigenvalue weighted by molar-refractivity contribution is 5.79. The molecule has 1 heterocycles. The lowest BCUT2D eigenvalue weighted by molar-refractivity contribution is 0.880. The Balaban J connectivity index is 1.69. The van der Waals surface area contributed by atoms with Gasteiger partial charge >= 0.3 is 0 Å². The number of hydrogen-bond donors (Lipinski definition) is 1. The first kappa shape index (κ1) is 13.1. The highest BCUT2D eigenvalue weighted by Gasteiger charge is 1.98. The second kappa shape index (κ2) is 6.05. The third kappa shape index (κ3) is 3.36. The first-order valence-corrected chi connectivity index (χ1v) is 6.77. The van der Waals surface area contributed by atoms with Crippen LogP contribution < -0.4 is 5.43 Å². The molecule has 1 N–H and O–H groups in total. The molecule has 0 atom stereocenters. The SMILES string of the molecule is Cc1cccc(N/N=C\c2cnn(-c3ccccc3)c2)c1. The zero-order valence-corrected chi connectivity index (χ0v) is 11.8. The van der Waals surface area contributed by atoms with Crippen LogP contribution >= 0.6 is 0 Å². The Morgan fingerprint density at radius 3 is 2.76 bits per heavy atom. The summed E-state index contributed by atoms with van der Waals surface area (Å²) in [4.78, 5) is 0. The van der Waals surface area contributed by atoms with E-state index < -0.39 is 0 Å². The van der Waals surface area contributed by atoms with E-state index in [1.54, 1.807) is 12.4 Å². The van der Waals surface area contributed by atoms with Crippen LogP contribution in [0.2, 0.25) is 0 Å². The third-order valence-corrected chi connectivity index (χ3v) is 3.05. The Kier molecular flexibility index (Phi) is 3.78. The van der Waals surface area contributed by atoms with Crippen molar-refractivity contribution in [2.75, 3.05) is 5.43 Å². The maximum Gasteiger partial charge on any atom is 0.0645 e. The normalized spacial score (nSPS) is 10.9. The topological polar surface area (TPSA) is 42.2 Å². The van der Waals surface area contributed by atoms with Crippen LogP contribution in [-0.2, 0) is 0 Å². The van der Waals surface area contributed by atoms with Crippen LogP contribution in [0.5, 0.6) is 0 Å². The fourth-order valence-electron chi connectivity index (χ4n) is 2.02. The summed E-state index contributed by atoms with van der Waals surface area (Å²) >= 11 is 0. The van der Waals surface area contributed by atoms with Crippen LogP contribution in [0.4, 0.5) is 5.69 Å². The van der Waals surface area contributed by atoms with Gasteiger partial charge < -0.3 is 0 Å². The summed E-state index contributed by atoms with van der Waals surface area (Å²) in [5.41, 5.74) is 7.17. The molecule has 0 aliphatic carbocycles. The molecule has 1 aromatic heterocycles. The fraction of sp³-hybridized carbons (Fsp3) is 0.0588. The van der Waals surface area contributed by atoms with E-state index in [0.717, 1.165) is 16.9 Å². The van der Waals surface area contributed by atoms with Gasteiger partial charge in [0.2, 0.25) is 0 Å². The second-order valence-electron chi connectivity index (χ2n) is 4.79. The fourth-order valence-corrected chi connectivity index (χ4v) is 2.02. The van der Waals surface area contributed by atoms with E-state index in [1.165, 1.54) is 5.56 Å². The van der Waals surface area contributed by atoms with Gasteiger partial charge in [-0.25, -0.2) is 4.68 Å². The maximum absolute atomic E-state index is 4.32. The van der Waals surface area contributed by atoms with Crippen LogP contribution in [-0.4, -0.2) is 16.0 Å². The molecule has 4 nitrogen and oxygen atoms in total. The van der Waals surface area contributed by atoms with Gasteiger partial charge in [0.15, 0.2) is 0 Å². The Morgan fingerprint density at radius 2 is 1.95 bits per heavy atom. The van der Waals surface area contributed by atoms with Crippen molar-refractivity contribution in [1.29, 1.82) is 0 Å². The number of nitrogens with one attached hydrogen (secondary N) is 1. The lowest BCUT2D eigenvalue weighted by atomic mass is 10.2. The predicted octanol–water partition coefficient (Wildman–Crippen LogP) is 3.63. The molecule has 21 heavy (non-hydrogen) atoms. The molecule has 0 bridgehead atoms. The number of aryl methyl sites for hydroxylation is 1. The molecule has 0 spiro atoms. The average molecular weight is 276 g/mol. The van der Waals surface area contributed by atoms with Gasteiger partial charge in [0.05, 0.1) is 23.8 Å². The van der Waals surface area contributed by atoms with Crippen molar-refractivity contribution < 1.29 is 0 Å². The van der Waals surface area contributed by atoms with Crippen molar-refractivity contribution in [3.05, 3.63) is 78.1 Å². The summed E-state index contributed by atoms with van der Waals surface area (Å²) in [7, 11) is 0. The molecule has 4 heteroatoms. The molecule has 0 saturated carbocycles. The van der Waals surface area contributed by atoms with Gasteiger partial charge in [-0.3, -0.25) is 5.43 Å². The van der Waals surface area contributed by atoms with E-state index in [4.69, 9.17) is 0 Å². The van der Waals surface area contributed by atoms with Crippen molar-refractivity contribution in [2.45, 2.75) is 6.92 Å². The quantitative estimate of drug-likeness (QED) is 0.584. The Labute approximate surface area is 123 Å². The van der Waals surface area contributed by atoms with Gasteiger partial charge in [-0.05, 0) is 36.8 Å². The zero-order valence-electron chi connectivity index (χ0n) is 11.8. The summed E-state index contributed by atoms with van der Waals surface area (Å²) in [5, 5.41) is 8.56. The Morgan fingerprint density at radius 1 is 1.10 bits per heavy atom. The largest absolute Gasteiger partial charge is 0.278 e. The van der Waals surface area contributed by atoms with E-state index in [-0.39, 0.29) is 0 Å². The Hall–Kier alpha value is -2.88. The van der Waals surface area contributed by atoms with Crippen molar-refractivity contribution >= 4 is 11.9 Å².